The molecule has 2 amide bonds. The summed E-state index contributed by atoms with van der Waals surface area (Å²) >= 11 is 21.8. The Morgan fingerprint density at radius 1 is 1.31 bits per heavy atom. The molecule has 0 radical (unpaired) electrons. The molecule has 0 saturated carbocycles. The summed E-state index contributed by atoms with van der Waals surface area (Å²) in [5.74, 6) is -1.22. The normalized spacial score (nSPS) is 28.5. The first-order chi connectivity index (χ1) is 13.6. The van der Waals surface area contributed by atoms with Crippen LogP contribution < -0.4 is 5.32 Å². The number of carbonyl (C=O) groups is 3. The summed E-state index contributed by atoms with van der Waals surface area (Å²) in [4.78, 5) is 39.2. The summed E-state index contributed by atoms with van der Waals surface area (Å²) in [6.45, 7) is 1.43. The highest BCUT2D eigenvalue weighted by molar-refractivity contribution is 9.09. The Bertz CT molecular complexity index is 810. The average molecular weight is 545 g/mol. The zero-order chi connectivity index (χ0) is 21.4. The first-order valence-corrected chi connectivity index (χ1v) is 11.8. The number of halogens is 4. The number of carbonyl (C=O) groups excluding carboxylic acids is 3. The number of rotatable bonds is 6. The number of benzene rings is 1. The van der Waals surface area contributed by atoms with Crippen molar-refractivity contribution in [3.05, 3.63) is 35.9 Å². The van der Waals surface area contributed by atoms with E-state index >= 15 is 0 Å². The monoisotopic (exact) mass is 542 g/mol. The van der Waals surface area contributed by atoms with Gasteiger partial charge in [-0.3, -0.25) is 9.59 Å². The van der Waals surface area contributed by atoms with Gasteiger partial charge in [0.15, 0.2) is 0 Å². The third kappa shape index (κ3) is 4.98. The van der Waals surface area contributed by atoms with Crippen LogP contribution in [0.5, 0.6) is 0 Å². The van der Waals surface area contributed by atoms with Crippen molar-refractivity contribution in [2.24, 2.45) is 0 Å². The maximum absolute atomic E-state index is 12.7. The van der Waals surface area contributed by atoms with Gasteiger partial charge in [-0.2, -0.15) is 0 Å². The second-order valence-corrected chi connectivity index (χ2v) is 11.8. The Hall–Kier alpha value is -0.670. The highest BCUT2D eigenvalue weighted by atomic mass is 79.9. The van der Waals surface area contributed by atoms with Gasteiger partial charge in [0.1, 0.15) is 24.1 Å². The van der Waals surface area contributed by atoms with Gasteiger partial charge >= 0.3 is 5.97 Å². The zero-order valence-corrected chi connectivity index (χ0v) is 19.9. The summed E-state index contributed by atoms with van der Waals surface area (Å²) in [7, 11) is 0. The molecule has 2 heterocycles. The van der Waals surface area contributed by atoms with E-state index in [4.69, 9.17) is 39.5 Å². The van der Waals surface area contributed by atoms with Gasteiger partial charge in [-0.05, 0) is 12.5 Å². The van der Waals surface area contributed by atoms with Gasteiger partial charge in [-0.15, -0.1) is 11.8 Å². The molecule has 11 heteroatoms. The molecule has 1 aromatic carbocycles. The van der Waals surface area contributed by atoms with E-state index in [1.54, 1.807) is 0 Å². The number of β-lactam (4-membered cyclic amide) rings is 1. The number of alkyl halides is 4. The van der Waals surface area contributed by atoms with Crippen LogP contribution in [0.1, 0.15) is 12.5 Å². The molecular formula is C18H18BrCl3N2O4S. The molecule has 0 spiro atoms. The molecule has 2 aliphatic rings. The molecule has 4 unspecified atom stereocenters. The van der Waals surface area contributed by atoms with Crippen LogP contribution in [0.3, 0.4) is 0 Å². The summed E-state index contributed by atoms with van der Waals surface area (Å²) in [5.41, 5.74) is 0.853. The first kappa shape index (κ1) is 23.0. The molecule has 29 heavy (non-hydrogen) atoms. The van der Waals surface area contributed by atoms with Crippen molar-refractivity contribution in [1.82, 2.24) is 10.2 Å². The summed E-state index contributed by atoms with van der Waals surface area (Å²) in [6.07, 6.45) is 0.173. The van der Waals surface area contributed by atoms with Crippen molar-refractivity contribution in [2.45, 2.75) is 39.3 Å². The average Bonchev–Trinajstić information content (AvgIpc) is 2.95. The lowest BCUT2D eigenvalue weighted by atomic mass is 9.95. The number of fused-ring (bicyclic) bond motifs is 1. The minimum Gasteiger partial charge on any atom is -0.460 e. The van der Waals surface area contributed by atoms with Crippen molar-refractivity contribution in [2.75, 3.05) is 11.9 Å². The molecule has 158 valence electrons. The van der Waals surface area contributed by atoms with Gasteiger partial charge in [0.05, 0.1) is 11.2 Å². The molecule has 2 saturated heterocycles. The topological polar surface area (TPSA) is 75.7 Å². The van der Waals surface area contributed by atoms with E-state index in [0.29, 0.717) is 5.33 Å². The lowest BCUT2D eigenvalue weighted by molar-refractivity contribution is -0.164. The molecule has 2 fully saturated rings. The fourth-order valence-corrected chi connectivity index (χ4v) is 5.84. The van der Waals surface area contributed by atoms with Gasteiger partial charge in [0.25, 0.3) is 0 Å². The minimum atomic E-state index is -1.74. The Balaban J connectivity index is 1.68. The predicted octanol–water partition coefficient (Wildman–Crippen LogP) is 3.06. The Kier molecular flexibility index (Phi) is 7.00. The van der Waals surface area contributed by atoms with E-state index in [9.17, 15) is 14.4 Å². The van der Waals surface area contributed by atoms with Crippen LogP contribution in [-0.4, -0.2) is 60.6 Å². The van der Waals surface area contributed by atoms with Crippen LogP contribution >= 0.6 is 62.5 Å². The van der Waals surface area contributed by atoms with E-state index < -0.39 is 33.2 Å². The quantitative estimate of drug-likeness (QED) is 0.339. The highest BCUT2D eigenvalue weighted by Crippen LogP contribution is 2.52. The summed E-state index contributed by atoms with van der Waals surface area (Å²) in [5, 5.41) is 2.85. The van der Waals surface area contributed by atoms with E-state index in [1.807, 2.05) is 37.3 Å². The van der Waals surface area contributed by atoms with Crippen LogP contribution in [0.25, 0.3) is 0 Å². The maximum Gasteiger partial charge on any atom is 0.330 e. The molecule has 0 aromatic heterocycles. The second-order valence-electron chi connectivity index (χ2n) is 7.03. The molecule has 1 N–H and O–H groups in total. The summed E-state index contributed by atoms with van der Waals surface area (Å²) in [6, 6.07) is 7.71. The van der Waals surface area contributed by atoms with Gasteiger partial charge in [-0.25, -0.2) is 4.79 Å². The number of nitrogens with one attached hydrogen (secondary N) is 1. The van der Waals surface area contributed by atoms with E-state index in [0.717, 1.165) is 5.56 Å². The van der Waals surface area contributed by atoms with Crippen molar-refractivity contribution < 1.29 is 19.1 Å². The van der Waals surface area contributed by atoms with Crippen LogP contribution in [0, 0.1) is 0 Å². The Morgan fingerprint density at radius 2 is 1.97 bits per heavy atom. The molecule has 1 aromatic rings. The minimum absolute atomic E-state index is 0.173. The number of hydrogen-bond donors (Lipinski definition) is 1. The van der Waals surface area contributed by atoms with Crippen molar-refractivity contribution in [3.63, 3.8) is 0 Å². The van der Waals surface area contributed by atoms with Crippen LogP contribution in [0.2, 0.25) is 0 Å². The van der Waals surface area contributed by atoms with E-state index in [-0.39, 0.29) is 23.6 Å². The zero-order valence-electron chi connectivity index (χ0n) is 15.2. The highest BCUT2D eigenvalue weighted by Gasteiger charge is 2.65. The SMILES string of the molecule is CC1(CBr)SC2C(NC(=O)Cc3ccccc3)C(=O)N2C1C(=O)OCC(Cl)(Cl)Cl. The van der Waals surface area contributed by atoms with Crippen molar-refractivity contribution in [1.29, 1.82) is 0 Å². The van der Waals surface area contributed by atoms with E-state index in [1.165, 1.54) is 16.7 Å². The smallest absolute Gasteiger partial charge is 0.330 e. The van der Waals surface area contributed by atoms with Gasteiger partial charge < -0.3 is 15.0 Å². The number of ether oxygens (including phenoxy) is 1. The van der Waals surface area contributed by atoms with Crippen molar-refractivity contribution in [3.8, 4) is 0 Å². The predicted molar refractivity (Wildman–Crippen MR) is 118 cm³/mol. The van der Waals surface area contributed by atoms with E-state index in [2.05, 4.69) is 21.2 Å². The number of nitrogens with zero attached hydrogens (tertiary/aromatic N) is 1. The standard InChI is InChI=1S/C18H18BrCl3N2O4S/c1-17(8-19)13(16(27)28-9-18(20,21)22)24-14(26)12(15(24)29-17)23-11(25)7-10-5-3-2-4-6-10/h2-6,12-13,15H,7-9H2,1H3,(H,23,25). The summed E-state index contributed by atoms with van der Waals surface area (Å²) < 4.78 is 2.75. The van der Waals surface area contributed by atoms with Crippen LogP contribution in [0.4, 0.5) is 0 Å². The number of thioether (sulfide) groups is 1. The molecule has 3 rings (SSSR count). The Labute approximate surface area is 196 Å². The number of amides is 2. The third-order valence-electron chi connectivity index (χ3n) is 4.72. The van der Waals surface area contributed by atoms with Crippen molar-refractivity contribution >= 4 is 80.3 Å². The molecule has 6 nitrogen and oxygen atoms in total. The molecule has 0 bridgehead atoms. The van der Waals surface area contributed by atoms with Gasteiger partial charge in [0, 0.05) is 5.33 Å². The molecule has 4 atom stereocenters. The fourth-order valence-electron chi connectivity index (χ4n) is 3.36. The van der Waals surface area contributed by atoms with Crippen LogP contribution in [-0.2, 0) is 25.5 Å². The Morgan fingerprint density at radius 3 is 2.55 bits per heavy atom. The molecule has 2 aliphatic heterocycles. The second kappa shape index (κ2) is 8.83. The lowest BCUT2D eigenvalue weighted by Crippen LogP contribution is -2.71. The number of esters is 1. The largest absolute Gasteiger partial charge is 0.460 e. The third-order valence-corrected chi connectivity index (χ3v) is 8.23. The van der Waals surface area contributed by atoms with Gasteiger partial charge in [0.2, 0.25) is 15.6 Å². The lowest BCUT2D eigenvalue weighted by Gasteiger charge is -2.44. The molecule has 0 aliphatic carbocycles. The number of hydrogen-bond acceptors (Lipinski definition) is 5. The van der Waals surface area contributed by atoms with Crippen LogP contribution in [0.15, 0.2) is 30.3 Å². The molecular weight excluding hydrogens is 527 g/mol. The maximum atomic E-state index is 12.7. The first-order valence-electron chi connectivity index (χ1n) is 8.68. The fraction of sp³-hybridized carbons (Fsp3) is 0.500. The van der Waals surface area contributed by atoms with Gasteiger partial charge in [-0.1, -0.05) is 81.1 Å².